The SMILES string of the molecule is CCCCc1ccccc1P(c1ccccc1CCCC)c1ccc(C)c(C)c1C. The predicted octanol–water partition coefficient (Wildman–Crippen LogP) is 7.06. The molecule has 0 radical (unpaired) electrons. The smallest absolute Gasteiger partial charge is 0.0119 e. The molecule has 0 saturated heterocycles. The van der Waals surface area contributed by atoms with Crippen LogP contribution in [0.25, 0.3) is 0 Å². The van der Waals surface area contributed by atoms with Gasteiger partial charge in [-0.2, -0.15) is 0 Å². The Morgan fingerprint density at radius 2 is 1.07 bits per heavy atom. The predicted molar refractivity (Wildman–Crippen MR) is 137 cm³/mol. The molecule has 0 fully saturated rings. The van der Waals surface area contributed by atoms with Crippen LogP contribution in [0, 0.1) is 20.8 Å². The van der Waals surface area contributed by atoms with Gasteiger partial charge in [0.1, 0.15) is 0 Å². The summed E-state index contributed by atoms with van der Waals surface area (Å²) in [5.41, 5.74) is 7.38. The van der Waals surface area contributed by atoms with Crippen molar-refractivity contribution < 1.29 is 0 Å². The van der Waals surface area contributed by atoms with Crippen LogP contribution in [0.5, 0.6) is 0 Å². The minimum absolute atomic E-state index is 0.570. The van der Waals surface area contributed by atoms with E-state index in [0.29, 0.717) is 0 Å². The van der Waals surface area contributed by atoms with E-state index in [1.165, 1.54) is 71.6 Å². The summed E-state index contributed by atoms with van der Waals surface area (Å²) in [4.78, 5) is 0. The monoisotopic (exact) mass is 416 g/mol. The highest BCUT2D eigenvalue weighted by molar-refractivity contribution is 7.80. The minimum Gasteiger partial charge on any atom is -0.0654 e. The zero-order valence-corrected chi connectivity index (χ0v) is 20.4. The first-order chi connectivity index (χ1) is 14.6. The molecule has 0 N–H and O–H groups in total. The van der Waals surface area contributed by atoms with E-state index < -0.39 is 7.92 Å². The van der Waals surface area contributed by atoms with E-state index >= 15 is 0 Å². The van der Waals surface area contributed by atoms with Crippen LogP contribution >= 0.6 is 7.92 Å². The first-order valence-electron chi connectivity index (χ1n) is 11.6. The number of benzene rings is 3. The molecule has 0 amide bonds. The van der Waals surface area contributed by atoms with E-state index in [1.54, 1.807) is 10.6 Å². The summed E-state index contributed by atoms with van der Waals surface area (Å²) < 4.78 is 0. The molecule has 0 atom stereocenters. The maximum atomic E-state index is 2.41. The Morgan fingerprint density at radius 1 is 0.567 bits per heavy atom. The van der Waals surface area contributed by atoms with E-state index in [9.17, 15) is 0 Å². The Morgan fingerprint density at radius 3 is 1.57 bits per heavy atom. The fourth-order valence-corrected chi connectivity index (χ4v) is 7.11. The number of rotatable bonds is 9. The van der Waals surface area contributed by atoms with Crippen molar-refractivity contribution in [2.45, 2.75) is 73.1 Å². The van der Waals surface area contributed by atoms with Gasteiger partial charge < -0.3 is 0 Å². The highest BCUT2D eigenvalue weighted by atomic mass is 31.1. The van der Waals surface area contributed by atoms with Gasteiger partial charge in [-0.25, -0.2) is 0 Å². The molecule has 1 heteroatoms. The summed E-state index contributed by atoms with van der Waals surface area (Å²) in [6, 6.07) is 23.2. The molecule has 0 bridgehead atoms. The third-order valence-corrected chi connectivity index (χ3v) is 9.14. The summed E-state index contributed by atoms with van der Waals surface area (Å²) in [7, 11) is -0.570. The lowest BCUT2D eigenvalue weighted by atomic mass is 10.1. The van der Waals surface area contributed by atoms with Gasteiger partial charge in [-0.1, -0.05) is 87.4 Å². The second-order valence-electron chi connectivity index (χ2n) is 8.45. The van der Waals surface area contributed by atoms with E-state index in [1.807, 2.05) is 0 Å². The van der Waals surface area contributed by atoms with Crippen molar-refractivity contribution in [3.8, 4) is 0 Å². The van der Waals surface area contributed by atoms with Crippen LogP contribution < -0.4 is 15.9 Å². The number of aryl methyl sites for hydroxylation is 3. The van der Waals surface area contributed by atoms with Crippen molar-refractivity contribution in [3.05, 3.63) is 88.5 Å². The maximum absolute atomic E-state index is 2.41. The van der Waals surface area contributed by atoms with E-state index in [4.69, 9.17) is 0 Å². The van der Waals surface area contributed by atoms with Crippen LogP contribution in [0.4, 0.5) is 0 Å². The molecule has 0 heterocycles. The summed E-state index contributed by atoms with van der Waals surface area (Å²) in [5, 5.41) is 4.63. The van der Waals surface area contributed by atoms with Gasteiger partial charge in [0.25, 0.3) is 0 Å². The lowest BCUT2D eigenvalue weighted by Gasteiger charge is -2.27. The molecular formula is C29H37P. The molecule has 3 aromatic rings. The highest BCUT2D eigenvalue weighted by Crippen LogP contribution is 2.38. The van der Waals surface area contributed by atoms with Gasteiger partial charge >= 0.3 is 0 Å². The first kappa shape index (κ1) is 22.8. The Kier molecular flexibility index (Phi) is 8.29. The van der Waals surface area contributed by atoms with E-state index in [0.717, 1.165) is 0 Å². The van der Waals surface area contributed by atoms with Crippen molar-refractivity contribution in [2.24, 2.45) is 0 Å². The second-order valence-corrected chi connectivity index (χ2v) is 10.6. The first-order valence-corrected chi connectivity index (χ1v) is 12.9. The molecule has 30 heavy (non-hydrogen) atoms. The number of unbranched alkanes of at least 4 members (excludes halogenated alkanes) is 2. The van der Waals surface area contributed by atoms with Gasteiger partial charge in [-0.05, 0) is 98.1 Å². The Hall–Kier alpha value is -1.91. The van der Waals surface area contributed by atoms with Crippen LogP contribution in [-0.4, -0.2) is 0 Å². The average Bonchev–Trinajstić information content (AvgIpc) is 2.77. The van der Waals surface area contributed by atoms with Crippen LogP contribution in [0.3, 0.4) is 0 Å². The highest BCUT2D eigenvalue weighted by Gasteiger charge is 2.23. The zero-order chi connectivity index (χ0) is 21.5. The van der Waals surface area contributed by atoms with E-state index in [-0.39, 0.29) is 0 Å². The van der Waals surface area contributed by atoms with Crippen LogP contribution in [-0.2, 0) is 12.8 Å². The third kappa shape index (κ3) is 5.04. The molecule has 3 aromatic carbocycles. The molecule has 0 aromatic heterocycles. The quantitative estimate of drug-likeness (QED) is 0.328. The van der Waals surface area contributed by atoms with Crippen LogP contribution in [0.2, 0.25) is 0 Å². The van der Waals surface area contributed by atoms with Gasteiger partial charge in [0.05, 0.1) is 0 Å². The standard InChI is InChI=1S/C29H37P/c1-6-8-14-25-16-10-12-18-28(25)30(27-21-20-22(3)23(4)24(27)5)29-19-13-11-17-26(29)15-9-7-2/h10-13,16-21H,6-9,14-15H2,1-5H3. The maximum Gasteiger partial charge on any atom is -0.0119 e. The van der Waals surface area contributed by atoms with E-state index in [2.05, 4.69) is 95.3 Å². The van der Waals surface area contributed by atoms with Crippen molar-refractivity contribution in [1.29, 1.82) is 0 Å². The molecule has 0 spiro atoms. The van der Waals surface area contributed by atoms with Crippen LogP contribution in [0.15, 0.2) is 60.7 Å². The van der Waals surface area contributed by atoms with Crippen molar-refractivity contribution >= 4 is 23.8 Å². The fourth-order valence-electron chi connectivity index (χ4n) is 4.19. The molecule has 0 aliphatic heterocycles. The molecular weight excluding hydrogens is 379 g/mol. The molecule has 0 aliphatic carbocycles. The van der Waals surface area contributed by atoms with Gasteiger partial charge in [-0.3, -0.25) is 0 Å². The minimum atomic E-state index is -0.570. The molecule has 158 valence electrons. The summed E-state index contributed by atoms with van der Waals surface area (Å²) in [6.45, 7) is 11.4. The molecule has 0 nitrogen and oxygen atoms in total. The zero-order valence-electron chi connectivity index (χ0n) is 19.5. The molecule has 0 aliphatic rings. The lowest BCUT2D eigenvalue weighted by Crippen LogP contribution is -2.27. The molecule has 0 saturated carbocycles. The fraction of sp³-hybridized carbons (Fsp3) is 0.379. The van der Waals surface area contributed by atoms with Gasteiger partial charge in [0.2, 0.25) is 0 Å². The van der Waals surface area contributed by atoms with Gasteiger partial charge in [-0.15, -0.1) is 0 Å². The van der Waals surface area contributed by atoms with Gasteiger partial charge in [0.15, 0.2) is 0 Å². The van der Waals surface area contributed by atoms with Crippen molar-refractivity contribution in [2.75, 3.05) is 0 Å². The molecule has 0 unspecified atom stereocenters. The number of hydrogen-bond donors (Lipinski definition) is 0. The Bertz CT molecular complexity index is 918. The summed E-state index contributed by atoms with van der Waals surface area (Å²) in [6.07, 6.45) is 7.33. The summed E-state index contributed by atoms with van der Waals surface area (Å²) >= 11 is 0. The third-order valence-electron chi connectivity index (χ3n) is 6.33. The van der Waals surface area contributed by atoms with Crippen molar-refractivity contribution in [3.63, 3.8) is 0 Å². The second kappa shape index (κ2) is 10.9. The molecule has 3 rings (SSSR count). The lowest BCUT2D eigenvalue weighted by molar-refractivity contribution is 0.797. The Labute approximate surface area is 185 Å². The number of hydrogen-bond acceptors (Lipinski definition) is 0. The van der Waals surface area contributed by atoms with Crippen LogP contribution in [0.1, 0.15) is 67.3 Å². The topological polar surface area (TPSA) is 0 Å². The van der Waals surface area contributed by atoms with Crippen molar-refractivity contribution in [1.82, 2.24) is 0 Å². The largest absolute Gasteiger partial charge is 0.0654 e. The Balaban J connectivity index is 2.24. The summed E-state index contributed by atoms with van der Waals surface area (Å²) in [5.74, 6) is 0. The normalized spacial score (nSPS) is 11.3. The average molecular weight is 417 g/mol. The van der Waals surface area contributed by atoms with Gasteiger partial charge in [0, 0.05) is 0 Å².